The summed E-state index contributed by atoms with van der Waals surface area (Å²) in [5.74, 6) is 0.882. The van der Waals surface area contributed by atoms with Crippen molar-refractivity contribution in [2.75, 3.05) is 20.7 Å². The van der Waals surface area contributed by atoms with E-state index in [0.717, 1.165) is 31.7 Å². The maximum Gasteiger partial charge on any atom is 0.118 e. The van der Waals surface area contributed by atoms with Crippen molar-refractivity contribution in [3.63, 3.8) is 0 Å². The lowest BCUT2D eigenvalue weighted by Crippen LogP contribution is -2.29. The Hall–Kier alpha value is -1.06. The smallest absolute Gasteiger partial charge is 0.118 e. The number of hydrogen-bond donors (Lipinski definition) is 1. The third-order valence-corrected chi connectivity index (χ3v) is 3.00. The summed E-state index contributed by atoms with van der Waals surface area (Å²) in [5.41, 5.74) is 0.842. The van der Waals surface area contributed by atoms with Crippen molar-refractivity contribution < 1.29 is 9.84 Å². The second-order valence-electron chi connectivity index (χ2n) is 4.74. The Morgan fingerprint density at radius 1 is 1.31 bits per heavy atom. The second-order valence-corrected chi connectivity index (χ2v) is 4.74. The van der Waals surface area contributed by atoms with E-state index in [4.69, 9.17) is 4.74 Å². The molecule has 1 saturated carbocycles. The molecule has 3 heteroatoms. The highest BCUT2D eigenvalue weighted by Crippen LogP contribution is 2.35. The van der Waals surface area contributed by atoms with Crippen molar-refractivity contribution in [2.24, 2.45) is 0 Å². The molecule has 3 nitrogen and oxygen atoms in total. The molecule has 0 unspecified atom stereocenters. The topological polar surface area (TPSA) is 32.7 Å². The van der Waals surface area contributed by atoms with Gasteiger partial charge in [0.15, 0.2) is 0 Å². The van der Waals surface area contributed by atoms with Gasteiger partial charge >= 0.3 is 0 Å². The van der Waals surface area contributed by atoms with Gasteiger partial charge in [-0.05, 0) is 37.6 Å². The van der Waals surface area contributed by atoms with E-state index in [9.17, 15) is 5.11 Å². The average molecular weight is 221 g/mol. The molecule has 1 aliphatic rings. The lowest BCUT2D eigenvalue weighted by molar-refractivity contribution is 0.101. The SMILES string of the molecule is COc1ccc(CN(C)CC2(O)CC2)cc1. The number of benzene rings is 1. The second kappa shape index (κ2) is 4.44. The largest absolute Gasteiger partial charge is 0.497 e. The zero-order chi connectivity index (χ0) is 11.6. The standard InChI is InChI=1S/C13H19NO2/c1-14(10-13(15)7-8-13)9-11-3-5-12(16-2)6-4-11/h3-6,15H,7-10H2,1-2H3. The molecule has 0 aliphatic heterocycles. The highest BCUT2D eigenvalue weighted by Gasteiger charge is 2.40. The van der Waals surface area contributed by atoms with Gasteiger partial charge in [0.2, 0.25) is 0 Å². The van der Waals surface area contributed by atoms with Crippen LogP contribution in [-0.2, 0) is 6.54 Å². The molecule has 2 rings (SSSR count). The molecule has 0 saturated heterocycles. The maximum atomic E-state index is 9.80. The summed E-state index contributed by atoms with van der Waals surface area (Å²) >= 11 is 0. The highest BCUT2D eigenvalue weighted by atomic mass is 16.5. The summed E-state index contributed by atoms with van der Waals surface area (Å²) in [6, 6.07) is 8.06. The molecule has 0 radical (unpaired) electrons. The molecule has 1 fully saturated rings. The highest BCUT2D eigenvalue weighted by molar-refractivity contribution is 5.27. The van der Waals surface area contributed by atoms with Crippen molar-refractivity contribution in [1.82, 2.24) is 4.90 Å². The lowest BCUT2D eigenvalue weighted by Gasteiger charge is -2.20. The number of aliphatic hydroxyl groups is 1. The molecule has 0 bridgehead atoms. The summed E-state index contributed by atoms with van der Waals surface area (Å²) in [6.45, 7) is 1.63. The molecule has 1 aromatic carbocycles. The monoisotopic (exact) mass is 221 g/mol. The van der Waals surface area contributed by atoms with Gasteiger partial charge in [0, 0.05) is 13.1 Å². The number of rotatable bonds is 5. The van der Waals surface area contributed by atoms with Crippen molar-refractivity contribution >= 4 is 0 Å². The van der Waals surface area contributed by atoms with Gasteiger partial charge < -0.3 is 9.84 Å². The molecule has 0 amide bonds. The van der Waals surface area contributed by atoms with Crippen LogP contribution in [0.4, 0.5) is 0 Å². The molecule has 0 atom stereocenters. The van der Waals surface area contributed by atoms with Crippen LogP contribution in [0, 0.1) is 0 Å². The van der Waals surface area contributed by atoms with Crippen molar-refractivity contribution in [2.45, 2.75) is 25.0 Å². The Bertz CT molecular complexity index is 343. The van der Waals surface area contributed by atoms with Gasteiger partial charge in [-0.3, -0.25) is 4.90 Å². The van der Waals surface area contributed by atoms with Gasteiger partial charge in [-0.25, -0.2) is 0 Å². The summed E-state index contributed by atoms with van der Waals surface area (Å²) < 4.78 is 5.11. The van der Waals surface area contributed by atoms with Crippen LogP contribution in [0.25, 0.3) is 0 Å². The van der Waals surface area contributed by atoms with E-state index in [1.165, 1.54) is 5.56 Å². The van der Waals surface area contributed by atoms with E-state index in [2.05, 4.69) is 17.0 Å². The lowest BCUT2D eigenvalue weighted by atomic mass is 10.2. The predicted molar refractivity (Wildman–Crippen MR) is 63.5 cm³/mol. The third-order valence-electron chi connectivity index (χ3n) is 3.00. The van der Waals surface area contributed by atoms with Gasteiger partial charge in [-0.2, -0.15) is 0 Å². The quantitative estimate of drug-likeness (QED) is 0.820. The molecule has 0 heterocycles. The number of hydrogen-bond acceptors (Lipinski definition) is 3. The Kier molecular flexibility index (Phi) is 3.17. The van der Waals surface area contributed by atoms with Crippen molar-refractivity contribution in [3.05, 3.63) is 29.8 Å². The first kappa shape index (κ1) is 11.4. The van der Waals surface area contributed by atoms with E-state index in [1.54, 1.807) is 7.11 Å². The minimum atomic E-state index is -0.402. The number of nitrogens with zero attached hydrogens (tertiary/aromatic N) is 1. The first-order valence-corrected chi connectivity index (χ1v) is 5.65. The summed E-state index contributed by atoms with van der Waals surface area (Å²) in [6.07, 6.45) is 1.89. The molecule has 1 N–H and O–H groups in total. The Morgan fingerprint density at radius 3 is 2.44 bits per heavy atom. The van der Waals surface area contributed by atoms with Gasteiger partial charge in [-0.15, -0.1) is 0 Å². The molecule has 0 spiro atoms. The fraction of sp³-hybridized carbons (Fsp3) is 0.538. The Labute approximate surface area is 96.6 Å². The predicted octanol–water partition coefficient (Wildman–Crippen LogP) is 1.65. The zero-order valence-corrected chi connectivity index (χ0v) is 9.94. The van der Waals surface area contributed by atoms with Crippen LogP contribution in [0.2, 0.25) is 0 Å². The average Bonchev–Trinajstić information content (AvgIpc) is 2.96. The summed E-state index contributed by atoms with van der Waals surface area (Å²) in [5, 5.41) is 9.80. The van der Waals surface area contributed by atoms with Crippen LogP contribution in [0.3, 0.4) is 0 Å². The molecule has 16 heavy (non-hydrogen) atoms. The van der Waals surface area contributed by atoms with Gasteiger partial charge in [-0.1, -0.05) is 12.1 Å². The Balaban J connectivity index is 1.87. The van der Waals surface area contributed by atoms with Crippen LogP contribution in [0.15, 0.2) is 24.3 Å². The van der Waals surface area contributed by atoms with Crippen LogP contribution in [-0.4, -0.2) is 36.3 Å². The van der Waals surface area contributed by atoms with Gasteiger partial charge in [0.1, 0.15) is 5.75 Å². The van der Waals surface area contributed by atoms with Crippen molar-refractivity contribution in [3.8, 4) is 5.75 Å². The van der Waals surface area contributed by atoms with Gasteiger partial charge in [0.25, 0.3) is 0 Å². The van der Waals surface area contributed by atoms with E-state index in [-0.39, 0.29) is 0 Å². The molecule has 0 aromatic heterocycles. The normalized spacial score (nSPS) is 17.5. The van der Waals surface area contributed by atoms with Crippen molar-refractivity contribution in [1.29, 1.82) is 0 Å². The number of ether oxygens (including phenoxy) is 1. The molecule has 1 aromatic rings. The van der Waals surface area contributed by atoms with Crippen LogP contribution < -0.4 is 4.74 Å². The fourth-order valence-electron chi connectivity index (χ4n) is 1.90. The van der Waals surface area contributed by atoms with E-state index < -0.39 is 5.60 Å². The minimum Gasteiger partial charge on any atom is -0.497 e. The summed E-state index contributed by atoms with van der Waals surface area (Å²) in [7, 11) is 3.71. The molecular weight excluding hydrogens is 202 g/mol. The maximum absolute atomic E-state index is 9.80. The van der Waals surface area contributed by atoms with E-state index in [0.29, 0.717) is 0 Å². The summed E-state index contributed by atoms with van der Waals surface area (Å²) in [4.78, 5) is 2.16. The molecule has 1 aliphatic carbocycles. The van der Waals surface area contributed by atoms with Crippen LogP contribution in [0.5, 0.6) is 5.75 Å². The zero-order valence-electron chi connectivity index (χ0n) is 9.94. The molecule has 88 valence electrons. The first-order valence-electron chi connectivity index (χ1n) is 5.65. The minimum absolute atomic E-state index is 0.402. The first-order chi connectivity index (χ1) is 7.61. The van der Waals surface area contributed by atoms with Crippen LogP contribution in [0.1, 0.15) is 18.4 Å². The Morgan fingerprint density at radius 2 is 1.94 bits per heavy atom. The van der Waals surface area contributed by atoms with Gasteiger partial charge in [0.05, 0.1) is 12.7 Å². The number of likely N-dealkylation sites (N-methyl/N-ethyl adjacent to an activating group) is 1. The third kappa shape index (κ3) is 2.97. The molecular formula is C13H19NO2. The van der Waals surface area contributed by atoms with E-state index in [1.807, 2.05) is 19.2 Å². The number of methoxy groups -OCH3 is 1. The van der Waals surface area contributed by atoms with Crippen LogP contribution >= 0.6 is 0 Å². The fourth-order valence-corrected chi connectivity index (χ4v) is 1.90. The van der Waals surface area contributed by atoms with E-state index >= 15 is 0 Å².